The molecule has 0 aromatic heterocycles. The Kier molecular flexibility index (Phi) is 4.69. The molecule has 1 amide bonds. The van der Waals surface area contributed by atoms with E-state index in [-0.39, 0.29) is 0 Å². The molecule has 5 nitrogen and oxygen atoms in total. The van der Waals surface area contributed by atoms with Gasteiger partial charge in [-0.15, -0.1) is 0 Å². The second kappa shape index (κ2) is 5.82. The summed E-state index contributed by atoms with van der Waals surface area (Å²) in [6.07, 6.45) is 1.79. The molecule has 0 heterocycles. The van der Waals surface area contributed by atoms with Crippen molar-refractivity contribution in [2.45, 2.75) is 31.9 Å². The number of carbonyl (C=O) groups is 1. The number of hydrogen-bond acceptors (Lipinski definition) is 4. The van der Waals surface area contributed by atoms with Crippen molar-refractivity contribution in [1.29, 1.82) is 0 Å². The van der Waals surface area contributed by atoms with Crippen molar-refractivity contribution in [2.24, 2.45) is 5.73 Å². The number of rotatable bonds is 6. The van der Waals surface area contributed by atoms with Crippen LogP contribution in [0.5, 0.6) is 0 Å². The lowest BCUT2D eigenvalue weighted by Crippen LogP contribution is -2.46. The smallest absolute Gasteiger partial charge is 0.404 e. The molecule has 82 valence electrons. The first-order valence-corrected chi connectivity index (χ1v) is 4.99. The Labute approximate surface area is 83.9 Å². The van der Waals surface area contributed by atoms with Crippen LogP contribution in [-0.2, 0) is 9.47 Å². The van der Waals surface area contributed by atoms with Crippen molar-refractivity contribution >= 4 is 6.09 Å². The van der Waals surface area contributed by atoms with E-state index in [0.717, 1.165) is 19.4 Å². The Morgan fingerprint density at radius 3 is 2.86 bits per heavy atom. The molecule has 0 atom stereocenters. The molecule has 1 aliphatic carbocycles. The molecule has 0 radical (unpaired) electrons. The van der Waals surface area contributed by atoms with E-state index in [1.807, 2.05) is 6.92 Å². The minimum atomic E-state index is -0.715. The Morgan fingerprint density at radius 2 is 2.29 bits per heavy atom. The van der Waals surface area contributed by atoms with Crippen LogP contribution in [0.25, 0.3) is 0 Å². The van der Waals surface area contributed by atoms with E-state index < -0.39 is 6.09 Å². The van der Waals surface area contributed by atoms with Gasteiger partial charge in [0.05, 0.1) is 6.10 Å². The maximum Gasteiger partial charge on any atom is 0.404 e. The van der Waals surface area contributed by atoms with Gasteiger partial charge in [-0.3, -0.25) is 0 Å². The van der Waals surface area contributed by atoms with Crippen LogP contribution in [0, 0.1) is 0 Å². The molecule has 1 aliphatic rings. The van der Waals surface area contributed by atoms with Crippen LogP contribution in [0.15, 0.2) is 0 Å². The summed E-state index contributed by atoms with van der Waals surface area (Å²) in [5, 5.41) is 3.25. The predicted octanol–water partition coefficient (Wildman–Crippen LogP) is 0.239. The third kappa shape index (κ3) is 3.93. The van der Waals surface area contributed by atoms with Gasteiger partial charge in [0.1, 0.15) is 6.61 Å². The van der Waals surface area contributed by atoms with E-state index in [4.69, 9.17) is 10.5 Å². The van der Waals surface area contributed by atoms with E-state index in [0.29, 0.717) is 25.3 Å². The van der Waals surface area contributed by atoms with E-state index in [1.54, 1.807) is 0 Å². The van der Waals surface area contributed by atoms with Crippen molar-refractivity contribution in [2.75, 3.05) is 19.8 Å². The monoisotopic (exact) mass is 202 g/mol. The van der Waals surface area contributed by atoms with Gasteiger partial charge in [0.15, 0.2) is 0 Å². The number of amides is 1. The topological polar surface area (TPSA) is 73.6 Å². The number of carbonyl (C=O) groups excluding carboxylic acids is 1. The first-order chi connectivity index (χ1) is 6.72. The van der Waals surface area contributed by atoms with Crippen molar-refractivity contribution < 1.29 is 14.3 Å². The van der Waals surface area contributed by atoms with Crippen molar-refractivity contribution in [3.05, 3.63) is 0 Å². The third-order valence-corrected chi connectivity index (χ3v) is 2.28. The lowest BCUT2D eigenvalue weighted by atomic mass is 9.89. The zero-order valence-corrected chi connectivity index (χ0v) is 8.49. The van der Waals surface area contributed by atoms with Crippen LogP contribution < -0.4 is 11.1 Å². The van der Waals surface area contributed by atoms with E-state index in [9.17, 15) is 4.79 Å². The predicted molar refractivity (Wildman–Crippen MR) is 52.0 cm³/mol. The van der Waals surface area contributed by atoms with Crippen LogP contribution in [0.1, 0.15) is 19.8 Å². The van der Waals surface area contributed by atoms with Crippen molar-refractivity contribution in [3.8, 4) is 0 Å². The molecule has 0 spiro atoms. The van der Waals surface area contributed by atoms with Gasteiger partial charge in [-0.2, -0.15) is 0 Å². The Balaban J connectivity index is 1.88. The summed E-state index contributed by atoms with van der Waals surface area (Å²) in [5.74, 6) is 0. The fourth-order valence-corrected chi connectivity index (χ4v) is 1.52. The number of primary amides is 1. The normalized spacial score (nSPS) is 25.5. The largest absolute Gasteiger partial charge is 0.448 e. The molecule has 1 rings (SSSR count). The number of ether oxygens (including phenoxy) is 2. The van der Waals surface area contributed by atoms with Gasteiger partial charge in [-0.25, -0.2) is 4.79 Å². The molecule has 1 fully saturated rings. The van der Waals surface area contributed by atoms with Crippen LogP contribution in [0.4, 0.5) is 4.79 Å². The lowest BCUT2D eigenvalue weighted by molar-refractivity contribution is -0.0106. The fourth-order valence-electron chi connectivity index (χ4n) is 1.52. The Hall–Kier alpha value is -0.810. The van der Waals surface area contributed by atoms with Crippen LogP contribution in [-0.4, -0.2) is 38.0 Å². The molecule has 0 saturated heterocycles. The zero-order chi connectivity index (χ0) is 10.4. The maximum atomic E-state index is 10.2. The summed E-state index contributed by atoms with van der Waals surface area (Å²) in [6.45, 7) is 3.78. The number of hydrogen-bond donors (Lipinski definition) is 2. The minimum absolute atomic E-state index is 0.338. The fraction of sp³-hybridized carbons (Fsp3) is 0.889. The summed E-state index contributed by atoms with van der Waals surface area (Å²) < 4.78 is 9.99. The van der Waals surface area contributed by atoms with E-state index in [1.165, 1.54) is 0 Å². The van der Waals surface area contributed by atoms with Gasteiger partial charge in [-0.05, 0) is 19.8 Å². The Morgan fingerprint density at radius 1 is 1.57 bits per heavy atom. The SMILES string of the molecule is CCOC1CC(NCCOC(N)=O)C1. The summed E-state index contributed by atoms with van der Waals surface area (Å²) in [4.78, 5) is 10.2. The van der Waals surface area contributed by atoms with E-state index in [2.05, 4.69) is 10.1 Å². The maximum absolute atomic E-state index is 10.2. The highest BCUT2D eigenvalue weighted by molar-refractivity contribution is 5.64. The minimum Gasteiger partial charge on any atom is -0.448 e. The van der Waals surface area contributed by atoms with Crippen LogP contribution >= 0.6 is 0 Å². The highest BCUT2D eigenvalue weighted by atomic mass is 16.5. The molecule has 0 aliphatic heterocycles. The van der Waals surface area contributed by atoms with Gasteiger partial charge in [-0.1, -0.05) is 0 Å². The molecule has 0 unspecified atom stereocenters. The summed E-state index contributed by atoms with van der Waals surface area (Å²) in [7, 11) is 0. The summed E-state index contributed by atoms with van der Waals surface area (Å²) in [5.41, 5.74) is 4.81. The van der Waals surface area contributed by atoms with Gasteiger partial charge in [0, 0.05) is 19.2 Å². The molecule has 0 aromatic rings. The number of nitrogens with two attached hydrogens (primary N) is 1. The van der Waals surface area contributed by atoms with Gasteiger partial charge >= 0.3 is 6.09 Å². The second-order valence-electron chi connectivity index (χ2n) is 3.37. The molecular weight excluding hydrogens is 184 g/mol. The third-order valence-electron chi connectivity index (χ3n) is 2.28. The molecule has 0 aromatic carbocycles. The van der Waals surface area contributed by atoms with Crippen LogP contribution in [0.3, 0.4) is 0 Å². The number of nitrogens with one attached hydrogen (secondary N) is 1. The Bertz CT molecular complexity index is 181. The van der Waals surface area contributed by atoms with Crippen molar-refractivity contribution in [1.82, 2.24) is 5.32 Å². The average molecular weight is 202 g/mol. The van der Waals surface area contributed by atoms with Gasteiger partial charge in [0.2, 0.25) is 0 Å². The standard InChI is InChI=1S/C9H18N2O3/c1-2-13-8-5-7(6-8)11-3-4-14-9(10)12/h7-8,11H,2-6H2,1H3,(H2,10,12). The summed E-state index contributed by atoms with van der Waals surface area (Å²) >= 11 is 0. The average Bonchev–Trinajstić information content (AvgIpc) is 2.06. The zero-order valence-electron chi connectivity index (χ0n) is 8.49. The second-order valence-corrected chi connectivity index (χ2v) is 3.37. The first kappa shape index (κ1) is 11.3. The molecular formula is C9H18N2O3. The molecule has 1 saturated carbocycles. The van der Waals surface area contributed by atoms with Gasteiger partial charge in [0.25, 0.3) is 0 Å². The van der Waals surface area contributed by atoms with E-state index >= 15 is 0 Å². The molecule has 0 bridgehead atoms. The lowest BCUT2D eigenvalue weighted by Gasteiger charge is -2.35. The highest BCUT2D eigenvalue weighted by Gasteiger charge is 2.28. The first-order valence-electron chi connectivity index (χ1n) is 4.99. The summed E-state index contributed by atoms with van der Waals surface area (Å²) in [6, 6.07) is 0.503. The highest BCUT2D eigenvalue weighted by Crippen LogP contribution is 2.22. The molecule has 3 N–H and O–H groups in total. The van der Waals surface area contributed by atoms with Crippen molar-refractivity contribution in [3.63, 3.8) is 0 Å². The quantitative estimate of drug-likeness (QED) is 0.605. The molecule has 14 heavy (non-hydrogen) atoms. The van der Waals surface area contributed by atoms with Gasteiger partial charge < -0.3 is 20.5 Å². The molecule has 5 heteroatoms. The van der Waals surface area contributed by atoms with Crippen LogP contribution in [0.2, 0.25) is 0 Å².